The molecule has 1 amide bonds. The minimum Gasteiger partial charge on any atom is -0.493 e. The highest BCUT2D eigenvalue weighted by Gasteiger charge is 2.48. The maximum atomic E-state index is 13.7. The maximum absolute atomic E-state index is 13.7. The van der Waals surface area contributed by atoms with Crippen LogP contribution in [0.4, 0.5) is 4.39 Å². The smallest absolute Gasteiger partial charge is 0.227 e. The number of morpholine rings is 1. The summed E-state index contributed by atoms with van der Waals surface area (Å²) in [5.41, 5.74) is 0.862. The van der Waals surface area contributed by atoms with Gasteiger partial charge >= 0.3 is 0 Å². The number of likely N-dealkylation sites (tertiary alicyclic amines) is 1. The molecule has 1 aromatic carbocycles. The fourth-order valence-corrected chi connectivity index (χ4v) is 4.13. The van der Waals surface area contributed by atoms with Crippen molar-refractivity contribution in [3.63, 3.8) is 0 Å². The number of hydrogen-bond donors (Lipinski definition) is 0. The molecule has 3 aliphatic heterocycles. The lowest BCUT2D eigenvalue weighted by Gasteiger charge is -2.34. The Labute approximate surface area is 135 Å². The summed E-state index contributed by atoms with van der Waals surface area (Å²) >= 11 is 0. The molecule has 3 aliphatic rings. The molecule has 0 aliphatic carbocycles. The Morgan fingerprint density at radius 1 is 1.30 bits per heavy atom. The zero-order valence-electron chi connectivity index (χ0n) is 13.2. The van der Waals surface area contributed by atoms with Crippen molar-refractivity contribution in [3.05, 3.63) is 29.6 Å². The van der Waals surface area contributed by atoms with Crippen molar-refractivity contribution in [2.24, 2.45) is 11.8 Å². The summed E-state index contributed by atoms with van der Waals surface area (Å²) in [6.45, 7) is 3.71. The van der Waals surface area contributed by atoms with Gasteiger partial charge in [0.05, 0.1) is 25.7 Å². The molecule has 124 valence electrons. The van der Waals surface area contributed by atoms with E-state index in [1.165, 1.54) is 6.07 Å². The predicted octanol–water partition coefficient (Wildman–Crippen LogP) is 1.30. The molecule has 0 N–H and O–H groups in total. The van der Waals surface area contributed by atoms with E-state index in [9.17, 15) is 9.18 Å². The molecule has 23 heavy (non-hydrogen) atoms. The first kappa shape index (κ1) is 14.9. The van der Waals surface area contributed by atoms with Crippen LogP contribution in [-0.4, -0.2) is 62.2 Å². The van der Waals surface area contributed by atoms with E-state index >= 15 is 0 Å². The highest BCUT2D eigenvalue weighted by Crippen LogP contribution is 2.47. The molecule has 4 rings (SSSR count). The number of fused-ring (bicyclic) bond motifs is 3. The monoisotopic (exact) mass is 320 g/mol. The van der Waals surface area contributed by atoms with Crippen LogP contribution in [0, 0.1) is 17.7 Å². The van der Waals surface area contributed by atoms with Gasteiger partial charge < -0.3 is 14.4 Å². The Hall–Kier alpha value is -1.66. The Morgan fingerprint density at radius 3 is 2.87 bits per heavy atom. The van der Waals surface area contributed by atoms with Gasteiger partial charge in [0.25, 0.3) is 0 Å². The van der Waals surface area contributed by atoms with Crippen LogP contribution in [0.25, 0.3) is 0 Å². The molecule has 0 saturated carbocycles. The number of halogens is 1. The highest BCUT2D eigenvalue weighted by molar-refractivity contribution is 5.80. The highest BCUT2D eigenvalue weighted by atomic mass is 19.1. The van der Waals surface area contributed by atoms with Gasteiger partial charge in [0.1, 0.15) is 11.6 Å². The second kappa shape index (κ2) is 5.76. The Bertz CT molecular complexity index is 618. The summed E-state index contributed by atoms with van der Waals surface area (Å²) in [5.74, 6) is 0.628. The Morgan fingerprint density at radius 2 is 2.09 bits per heavy atom. The Kier molecular flexibility index (Phi) is 3.73. The average molecular weight is 320 g/mol. The van der Waals surface area contributed by atoms with Crippen LogP contribution in [0.1, 0.15) is 11.6 Å². The van der Waals surface area contributed by atoms with Gasteiger partial charge in [-0.05, 0) is 25.2 Å². The predicted molar refractivity (Wildman–Crippen MR) is 81.6 cm³/mol. The van der Waals surface area contributed by atoms with Crippen molar-refractivity contribution in [2.45, 2.75) is 6.04 Å². The van der Waals surface area contributed by atoms with Gasteiger partial charge in [0, 0.05) is 37.2 Å². The number of ether oxygens (including phenoxy) is 2. The lowest BCUT2D eigenvalue weighted by atomic mass is 9.84. The van der Waals surface area contributed by atoms with Gasteiger partial charge in [-0.3, -0.25) is 9.69 Å². The topological polar surface area (TPSA) is 42.0 Å². The summed E-state index contributed by atoms with van der Waals surface area (Å²) in [6.07, 6.45) is 0. The van der Waals surface area contributed by atoms with Crippen LogP contribution in [0.5, 0.6) is 5.75 Å². The zero-order valence-corrected chi connectivity index (χ0v) is 13.2. The number of benzene rings is 1. The molecule has 2 fully saturated rings. The van der Waals surface area contributed by atoms with Crippen molar-refractivity contribution in [2.75, 3.05) is 46.5 Å². The van der Waals surface area contributed by atoms with E-state index in [1.807, 2.05) is 11.9 Å². The maximum Gasteiger partial charge on any atom is 0.227 e. The molecule has 1 aromatic rings. The van der Waals surface area contributed by atoms with Gasteiger partial charge in [-0.25, -0.2) is 4.39 Å². The van der Waals surface area contributed by atoms with Crippen LogP contribution in [0.3, 0.4) is 0 Å². The molecule has 3 heterocycles. The van der Waals surface area contributed by atoms with E-state index < -0.39 is 0 Å². The van der Waals surface area contributed by atoms with Crippen molar-refractivity contribution in [1.29, 1.82) is 0 Å². The second-order valence-corrected chi connectivity index (χ2v) is 6.59. The third-order valence-electron chi connectivity index (χ3n) is 5.24. The third-order valence-corrected chi connectivity index (χ3v) is 5.24. The fraction of sp³-hybridized carbons (Fsp3) is 0.588. The summed E-state index contributed by atoms with van der Waals surface area (Å²) < 4.78 is 24.8. The number of hydrogen-bond acceptors (Lipinski definition) is 4. The molecular weight excluding hydrogens is 299 g/mol. The van der Waals surface area contributed by atoms with E-state index in [0.29, 0.717) is 39.5 Å². The summed E-state index contributed by atoms with van der Waals surface area (Å²) in [6, 6.07) is 4.70. The van der Waals surface area contributed by atoms with Gasteiger partial charge in [-0.1, -0.05) is 0 Å². The SMILES string of the molecule is CN1C[C@@H](C(=O)N2CCOCC2)[C@@H]2COc3ccc(F)cc3[C@@H]21. The molecule has 0 spiro atoms. The standard InChI is InChI=1S/C17H21FN2O3/c1-19-9-13(17(21)20-4-6-22-7-5-20)14-10-23-15-3-2-11(18)8-12(15)16(14)19/h2-3,8,13-14,16H,4-7,9-10H2,1H3/t13-,14+,16+/m1/s1. The van der Waals surface area contributed by atoms with Crippen molar-refractivity contribution >= 4 is 5.91 Å². The summed E-state index contributed by atoms with van der Waals surface area (Å²) in [5, 5.41) is 0. The van der Waals surface area contributed by atoms with Gasteiger partial charge in [0.15, 0.2) is 0 Å². The molecule has 0 aromatic heterocycles. The molecule has 0 radical (unpaired) electrons. The first-order valence-electron chi connectivity index (χ1n) is 8.14. The number of nitrogens with zero attached hydrogens (tertiary/aromatic N) is 2. The minimum absolute atomic E-state index is 0.0458. The third kappa shape index (κ3) is 2.50. The first-order valence-corrected chi connectivity index (χ1v) is 8.14. The van der Waals surface area contributed by atoms with Crippen LogP contribution in [0.15, 0.2) is 18.2 Å². The van der Waals surface area contributed by atoms with Crippen LogP contribution in [0.2, 0.25) is 0 Å². The lowest BCUT2D eigenvalue weighted by molar-refractivity contribution is -0.141. The summed E-state index contributed by atoms with van der Waals surface area (Å²) in [4.78, 5) is 16.9. The number of carbonyl (C=O) groups excluding carboxylic acids is 1. The Balaban J connectivity index is 1.60. The summed E-state index contributed by atoms with van der Waals surface area (Å²) in [7, 11) is 2.00. The molecule has 0 unspecified atom stereocenters. The average Bonchev–Trinajstić information content (AvgIpc) is 2.92. The molecule has 2 saturated heterocycles. The number of amides is 1. The van der Waals surface area contributed by atoms with Crippen LogP contribution >= 0.6 is 0 Å². The number of carbonyl (C=O) groups is 1. The fourth-order valence-electron chi connectivity index (χ4n) is 4.13. The molecule has 6 heteroatoms. The zero-order chi connectivity index (χ0) is 16.0. The van der Waals surface area contributed by atoms with Crippen molar-refractivity contribution in [3.8, 4) is 5.75 Å². The van der Waals surface area contributed by atoms with E-state index in [0.717, 1.165) is 11.3 Å². The van der Waals surface area contributed by atoms with E-state index in [-0.39, 0.29) is 29.6 Å². The minimum atomic E-state index is -0.260. The first-order chi connectivity index (χ1) is 11.1. The van der Waals surface area contributed by atoms with Crippen molar-refractivity contribution in [1.82, 2.24) is 9.80 Å². The molecule has 0 bridgehead atoms. The normalized spacial score (nSPS) is 30.5. The molecule has 3 atom stereocenters. The van der Waals surface area contributed by atoms with E-state index in [4.69, 9.17) is 9.47 Å². The largest absolute Gasteiger partial charge is 0.493 e. The van der Waals surface area contributed by atoms with Gasteiger partial charge in [-0.2, -0.15) is 0 Å². The quantitative estimate of drug-likeness (QED) is 0.782. The lowest BCUT2D eigenvalue weighted by Crippen LogP contribution is -2.46. The number of rotatable bonds is 1. The van der Waals surface area contributed by atoms with Gasteiger partial charge in [0.2, 0.25) is 5.91 Å². The van der Waals surface area contributed by atoms with Crippen molar-refractivity contribution < 1.29 is 18.7 Å². The van der Waals surface area contributed by atoms with Gasteiger partial charge in [-0.15, -0.1) is 0 Å². The van der Waals surface area contributed by atoms with Crippen LogP contribution in [-0.2, 0) is 9.53 Å². The molecular formula is C17H21FN2O3. The van der Waals surface area contributed by atoms with E-state index in [1.54, 1.807) is 12.1 Å². The van der Waals surface area contributed by atoms with Crippen LogP contribution < -0.4 is 4.74 Å². The second-order valence-electron chi connectivity index (χ2n) is 6.59. The van der Waals surface area contributed by atoms with E-state index in [2.05, 4.69) is 4.90 Å². The molecule has 5 nitrogen and oxygen atoms in total.